The fourth-order valence-corrected chi connectivity index (χ4v) is 2.35. The van der Waals surface area contributed by atoms with Crippen molar-refractivity contribution in [3.05, 3.63) is 52.5 Å². The van der Waals surface area contributed by atoms with E-state index in [4.69, 9.17) is 16.3 Å². The van der Waals surface area contributed by atoms with Crippen LogP contribution in [0.3, 0.4) is 0 Å². The number of anilines is 1. The first-order valence-electron chi connectivity index (χ1n) is 6.90. The van der Waals surface area contributed by atoms with Crippen molar-refractivity contribution in [1.82, 2.24) is 0 Å². The summed E-state index contributed by atoms with van der Waals surface area (Å²) in [7, 11) is 1.51. The van der Waals surface area contributed by atoms with Gasteiger partial charge in [-0.25, -0.2) is 0 Å². The first-order chi connectivity index (χ1) is 10.0. The molecule has 0 aliphatic carbocycles. The molecule has 0 fully saturated rings. The number of nitrogens with one attached hydrogen (secondary N) is 1. The highest BCUT2D eigenvalue weighted by atomic mass is 35.5. The summed E-state index contributed by atoms with van der Waals surface area (Å²) in [6.07, 6.45) is 0. The number of phenolic OH excluding ortho intramolecular Hbond substituents is 1. The normalized spacial score (nSPS) is 10.7. The van der Waals surface area contributed by atoms with Gasteiger partial charge in [-0.15, -0.1) is 0 Å². The standard InChI is InChI=1S/C17H20ClNO2/c1-11(2)12-5-4-6-15(8-12)19-10-13-7-14(18)9-16(21-3)17(13)20/h4-9,11,19-20H,10H2,1-3H3. The van der Waals surface area contributed by atoms with Crippen LogP contribution in [0.5, 0.6) is 11.5 Å². The first-order valence-corrected chi connectivity index (χ1v) is 7.28. The number of aromatic hydroxyl groups is 1. The fraction of sp³-hybridized carbons (Fsp3) is 0.294. The minimum Gasteiger partial charge on any atom is -0.504 e. The molecule has 0 unspecified atom stereocenters. The van der Waals surface area contributed by atoms with E-state index in [1.165, 1.54) is 12.7 Å². The van der Waals surface area contributed by atoms with Crippen LogP contribution < -0.4 is 10.1 Å². The number of methoxy groups -OCH3 is 1. The number of phenols is 1. The summed E-state index contributed by atoms with van der Waals surface area (Å²) in [4.78, 5) is 0. The van der Waals surface area contributed by atoms with Crippen LogP contribution in [0.2, 0.25) is 5.02 Å². The summed E-state index contributed by atoms with van der Waals surface area (Å²) in [5, 5.41) is 14.0. The van der Waals surface area contributed by atoms with Crippen LogP contribution in [0.1, 0.15) is 30.9 Å². The molecule has 2 rings (SSSR count). The molecule has 112 valence electrons. The van der Waals surface area contributed by atoms with E-state index in [9.17, 15) is 5.11 Å². The highest BCUT2D eigenvalue weighted by Gasteiger charge is 2.10. The van der Waals surface area contributed by atoms with E-state index in [0.717, 1.165) is 5.69 Å². The zero-order chi connectivity index (χ0) is 15.4. The number of hydrogen-bond donors (Lipinski definition) is 2. The van der Waals surface area contributed by atoms with Crippen LogP contribution in [0.15, 0.2) is 36.4 Å². The average molecular weight is 306 g/mol. The van der Waals surface area contributed by atoms with Crippen LogP contribution >= 0.6 is 11.6 Å². The maximum absolute atomic E-state index is 10.1. The number of benzene rings is 2. The Hall–Kier alpha value is -1.87. The van der Waals surface area contributed by atoms with Crippen molar-refractivity contribution in [1.29, 1.82) is 0 Å². The van der Waals surface area contributed by atoms with Gasteiger partial charge in [-0.2, -0.15) is 0 Å². The molecular formula is C17H20ClNO2. The Morgan fingerprint density at radius 1 is 1.24 bits per heavy atom. The second-order valence-electron chi connectivity index (χ2n) is 5.25. The Bertz CT molecular complexity index is 626. The van der Waals surface area contributed by atoms with Gasteiger partial charge in [0.2, 0.25) is 0 Å². The third-order valence-corrected chi connectivity index (χ3v) is 3.59. The highest BCUT2D eigenvalue weighted by Crippen LogP contribution is 2.33. The number of halogens is 1. The van der Waals surface area contributed by atoms with Crippen molar-refractivity contribution in [3.8, 4) is 11.5 Å². The van der Waals surface area contributed by atoms with Gasteiger partial charge < -0.3 is 15.2 Å². The maximum atomic E-state index is 10.1. The van der Waals surface area contributed by atoms with Crippen LogP contribution in [0.25, 0.3) is 0 Å². The van der Waals surface area contributed by atoms with Crippen molar-refractivity contribution in [2.24, 2.45) is 0 Å². The molecular weight excluding hydrogens is 286 g/mol. The third kappa shape index (κ3) is 3.82. The minimum atomic E-state index is 0.120. The van der Waals surface area contributed by atoms with E-state index in [0.29, 0.717) is 28.8 Å². The summed E-state index contributed by atoms with van der Waals surface area (Å²) in [6.45, 7) is 4.80. The van der Waals surface area contributed by atoms with Gasteiger partial charge in [-0.3, -0.25) is 0 Å². The third-order valence-electron chi connectivity index (χ3n) is 3.37. The lowest BCUT2D eigenvalue weighted by Crippen LogP contribution is -2.01. The van der Waals surface area contributed by atoms with Gasteiger partial charge in [0.1, 0.15) is 0 Å². The van der Waals surface area contributed by atoms with Gasteiger partial charge in [0.15, 0.2) is 11.5 Å². The summed E-state index contributed by atoms with van der Waals surface area (Å²) < 4.78 is 5.11. The molecule has 2 aromatic rings. The van der Waals surface area contributed by atoms with E-state index < -0.39 is 0 Å². The Morgan fingerprint density at radius 2 is 2.00 bits per heavy atom. The highest BCUT2D eigenvalue weighted by molar-refractivity contribution is 6.30. The zero-order valence-electron chi connectivity index (χ0n) is 12.5. The van der Waals surface area contributed by atoms with Gasteiger partial charge in [0.05, 0.1) is 7.11 Å². The van der Waals surface area contributed by atoms with E-state index in [2.05, 4.69) is 31.3 Å². The van der Waals surface area contributed by atoms with Gasteiger partial charge in [-0.1, -0.05) is 37.6 Å². The van der Waals surface area contributed by atoms with Gasteiger partial charge >= 0.3 is 0 Å². The second-order valence-corrected chi connectivity index (χ2v) is 5.69. The van der Waals surface area contributed by atoms with Crippen LogP contribution in [0, 0.1) is 0 Å². The molecule has 2 aromatic carbocycles. The molecule has 0 atom stereocenters. The fourth-order valence-electron chi connectivity index (χ4n) is 2.12. The maximum Gasteiger partial charge on any atom is 0.162 e. The summed E-state index contributed by atoms with van der Waals surface area (Å²) in [6, 6.07) is 11.6. The molecule has 0 aromatic heterocycles. The number of ether oxygens (including phenoxy) is 1. The molecule has 0 aliphatic rings. The van der Waals surface area contributed by atoms with E-state index in [-0.39, 0.29) is 5.75 Å². The van der Waals surface area contributed by atoms with Gasteiger partial charge in [0, 0.05) is 28.9 Å². The Morgan fingerprint density at radius 3 is 2.67 bits per heavy atom. The largest absolute Gasteiger partial charge is 0.504 e. The quantitative estimate of drug-likeness (QED) is 0.834. The van der Waals surface area contributed by atoms with E-state index in [1.54, 1.807) is 12.1 Å². The topological polar surface area (TPSA) is 41.5 Å². The zero-order valence-corrected chi connectivity index (χ0v) is 13.2. The minimum absolute atomic E-state index is 0.120. The molecule has 0 saturated heterocycles. The summed E-state index contributed by atoms with van der Waals surface area (Å²) in [5.41, 5.74) is 2.99. The van der Waals surface area contributed by atoms with Crippen LogP contribution in [-0.2, 0) is 6.54 Å². The smallest absolute Gasteiger partial charge is 0.162 e. The second kappa shape index (κ2) is 6.72. The van der Waals surface area contributed by atoms with Crippen LogP contribution in [-0.4, -0.2) is 12.2 Å². The monoisotopic (exact) mass is 305 g/mol. The number of rotatable bonds is 5. The number of hydrogen-bond acceptors (Lipinski definition) is 3. The van der Waals surface area contributed by atoms with Crippen molar-refractivity contribution in [3.63, 3.8) is 0 Å². The molecule has 0 aliphatic heterocycles. The lowest BCUT2D eigenvalue weighted by Gasteiger charge is -2.13. The molecule has 0 saturated carbocycles. The molecule has 0 heterocycles. The molecule has 0 bridgehead atoms. The predicted molar refractivity (Wildman–Crippen MR) is 87.5 cm³/mol. The lowest BCUT2D eigenvalue weighted by molar-refractivity contribution is 0.371. The average Bonchev–Trinajstić information content (AvgIpc) is 2.48. The predicted octanol–water partition coefficient (Wildman–Crippen LogP) is 4.79. The van der Waals surface area contributed by atoms with E-state index >= 15 is 0 Å². The SMILES string of the molecule is COc1cc(Cl)cc(CNc2cccc(C(C)C)c2)c1O. The molecule has 4 heteroatoms. The van der Waals surface area contributed by atoms with Crippen molar-refractivity contribution in [2.75, 3.05) is 12.4 Å². The molecule has 0 spiro atoms. The Kier molecular flexibility index (Phi) is 4.97. The van der Waals surface area contributed by atoms with Gasteiger partial charge in [-0.05, 0) is 29.7 Å². The molecule has 21 heavy (non-hydrogen) atoms. The molecule has 3 nitrogen and oxygen atoms in total. The molecule has 2 N–H and O–H groups in total. The first kappa shape index (κ1) is 15.5. The molecule has 0 amide bonds. The van der Waals surface area contributed by atoms with Crippen molar-refractivity contribution < 1.29 is 9.84 Å². The van der Waals surface area contributed by atoms with E-state index in [1.807, 2.05) is 12.1 Å². The Labute approximate surface area is 130 Å². The van der Waals surface area contributed by atoms with Crippen molar-refractivity contribution >= 4 is 17.3 Å². The Balaban J connectivity index is 2.16. The van der Waals surface area contributed by atoms with Gasteiger partial charge in [0.25, 0.3) is 0 Å². The lowest BCUT2D eigenvalue weighted by atomic mass is 10.0. The summed E-state index contributed by atoms with van der Waals surface area (Å²) in [5.74, 6) is 0.982. The van der Waals surface area contributed by atoms with Crippen molar-refractivity contribution in [2.45, 2.75) is 26.3 Å². The molecule has 0 radical (unpaired) electrons. The summed E-state index contributed by atoms with van der Waals surface area (Å²) >= 11 is 6.03. The van der Waals surface area contributed by atoms with Crippen LogP contribution in [0.4, 0.5) is 5.69 Å².